The summed E-state index contributed by atoms with van der Waals surface area (Å²) in [6, 6.07) is 3.42. The van der Waals surface area contributed by atoms with Crippen molar-refractivity contribution in [3.05, 3.63) is 23.4 Å². The van der Waals surface area contributed by atoms with Crippen LogP contribution in [-0.4, -0.2) is 37.2 Å². The third kappa shape index (κ3) is 5.29. The Morgan fingerprint density at radius 3 is 2.52 bits per heavy atom. The number of nitrogens with zero attached hydrogens (tertiary/aromatic N) is 1. The molecule has 0 bridgehead atoms. The van der Waals surface area contributed by atoms with E-state index in [2.05, 4.69) is 20.4 Å². The number of amides is 2. The first kappa shape index (κ1) is 16.7. The first-order valence-corrected chi connectivity index (χ1v) is 6.65. The van der Waals surface area contributed by atoms with Gasteiger partial charge in [-0.3, -0.25) is 4.79 Å². The molecule has 0 aliphatic rings. The van der Waals surface area contributed by atoms with E-state index in [-0.39, 0.29) is 24.5 Å². The van der Waals surface area contributed by atoms with E-state index < -0.39 is 6.09 Å². The maximum atomic E-state index is 12.1. The highest BCUT2D eigenvalue weighted by atomic mass is 16.5. The molecule has 1 aromatic heterocycles. The van der Waals surface area contributed by atoms with Crippen LogP contribution < -0.4 is 16.4 Å². The van der Waals surface area contributed by atoms with Crippen LogP contribution in [0.3, 0.4) is 0 Å². The van der Waals surface area contributed by atoms with E-state index in [0.717, 1.165) is 5.69 Å². The Labute approximate surface area is 124 Å². The van der Waals surface area contributed by atoms with Crippen molar-refractivity contribution in [3.63, 3.8) is 0 Å². The highest BCUT2D eigenvalue weighted by Crippen LogP contribution is 2.23. The lowest BCUT2D eigenvalue weighted by atomic mass is 9.90. The molecule has 1 aromatic rings. The van der Waals surface area contributed by atoms with Crippen molar-refractivity contribution in [2.75, 3.05) is 25.5 Å². The van der Waals surface area contributed by atoms with Crippen molar-refractivity contribution in [2.45, 2.75) is 26.2 Å². The Kier molecular flexibility index (Phi) is 5.52. The van der Waals surface area contributed by atoms with Gasteiger partial charge in [0.1, 0.15) is 12.4 Å². The molecule has 0 aliphatic heterocycles. The van der Waals surface area contributed by atoms with Crippen LogP contribution in [0.5, 0.6) is 0 Å². The average molecular weight is 294 g/mol. The van der Waals surface area contributed by atoms with Gasteiger partial charge in [0.25, 0.3) is 5.91 Å². The molecule has 7 nitrogen and oxygen atoms in total. The molecule has 0 aliphatic carbocycles. The molecule has 116 valence electrons. The minimum absolute atomic E-state index is 0.0389. The van der Waals surface area contributed by atoms with Crippen LogP contribution in [0, 0.1) is 0 Å². The maximum Gasteiger partial charge on any atom is 0.404 e. The summed E-state index contributed by atoms with van der Waals surface area (Å²) in [5.74, 6) is 0.369. The van der Waals surface area contributed by atoms with E-state index in [1.807, 2.05) is 20.8 Å². The van der Waals surface area contributed by atoms with Gasteiger partial charge in [-0.05, 0) is 12.1 Å². The van der Waals surface area contributed by atoms with Gasteiger partial charge in [-0.2, -0.15) is 0 Å². The molecule has 7 heteroatoms. The smallest absolute Gasteiger partial charge is 0.404 e. The van der Waals surface area contributed by atoms with Gasteiger partial charge >= 0.3 is 6.09 Å². The Hall–Kier alpha value is -2.31. The number of carbonyl (C=O) groups excluding carboxylic acids is 2. The van der Waals surface area contributed by atoms with Crippen molar-refractivity contribution in [1.82, 2.24) is 10.3 Å². The largest absolute Gasteiger partial charge is 0.448 e. The molecule has 1 rings (SSSR count). The molecule has 0 spiro atoms. The van der Waals surface area contributed by atoms with Crippen molar-refractivity contribution >= 4 is 17.8 Å². The standard InChI is InChI=1S/C14H22N4O3/c1-14(2,3)10-7-9(8-11(16-4)18-10)12(19)17-5-6-21-13(15)20/h7-8H,5-6H2,1-4H3,(H2,15,20)(H,16,18)(H,17,19). The lowest BCUT2D eigenvalue weighted by Gasteiger charge is -2.19. The second-order valence-corrected chi connectivity index (χ2v) is 5.55. The molecule has 0 saturated carbocycles. The molecule has 0 unspecified atom stereocenters. The normalized spacial score (nSPS) is 10.9. The van der Waals surface area contributed by atoms with Gasteiger partial charge in [0.15, 0.2) is 0 Å². The summed E-state index contributed by atoms with van der Waals surface area (Å²) in [5, 5.41) is 5.60. The van der Waals surface area contributed by atoms with Gasteiger partial charge in [0.05, 0.1) is 6.54 Å². The van der Waals surface area contributed by atoms with Gasteiger partial charge in [-0.1, -0.05) is 20.8 Å². The van der Waals surface area contributed by atoms with E-state index in [1.54, 1.807) is 19.2 Å². The van der Waals surface area contributed by atoms with Gasteiger partial charge in [0, 0.05) is 23.7 Å². The highest BCUT2D eigenvalue weighted by Gasteiger charge is 2.19. The van der Waals surface area contributed by atoms with Crippen LogP contribution in [0.25, 0.3) is 0 Å². The third-order valence-electron chi connectivity index (χ3n) is 2.74. The Bertz CT molecular complexity index is 523. The van der Waals surface area contributed by atoms with Crippen LogP contribution in [0.15, 0.2) is 12.1 Å². The molecule has 0 atom stereocenters. The van der Waals surface area contributed by atoms with Gasteiger partial charge in [-0.15, -0.1) is 0 Å². The van der Waals surface area contributed by atoms with E-state index in [9.17, 15) is 9.59 Å². The fraction of sp³-hybridized carbons (Fsp3) is 0.500. The number of aromatic nitrogens is 1. The number of nitrogens with two attached hydrogens (primary N) is 1. The Morgan fingerprint density at radius 2 is 2.00 bits per heavy atom. The lowest BCUT2D eigenvalue weighted by molar-refractivity contribution is 0.0936. The number of ether oxygens (including phenoxy) is 1. The highest BCUT2D eigenvalue weighted by molar-refractivity contribution is 5.95. The van der Waals surface area contributed by atoms with Crippen molar-refractivity contribution in [1.29, 1.82) is 0 Å². The quantitative estimate of drug-likeness (QED) is 0.708. The monoisotopic (exact) mass is 294 g/mol. The summed E-state index contributed by atoms with van der Waals surface area (Å²) in [5.41, 5.74) is 5.98. The number of nitrogens with one attached hydrogen (secondary N) is 2. The molecule has 0 saturated heterocycles. The van der Waals surface area contributed by atoms with Crippen LogP contribution >= 0.6 is 0 Å². The number of primary amides is 1. The van der Waals surface area contributed by atoms with Gasteiger partial charge in [0.2, 0.25) is 0 Å². The summed E-state index contributed by atoms with van der Waals surface area (Å²) < 4.78 is 4.55. The third-order valence-corrected chi connectivity index (χ3v) is 2.74. The summed E-state index contributed by atoms with van der Waals surface area (Å²) in [4.78, 5) is 27.0. The van der Waals surface area contributed by atoms with E-state index in [4.69, 9.17) is 5.73 Å². The number of pyridine rings is 1. The van der Waals surface area contributed by atoms with Crippen molar-refractivity contribution in [3.8, 4) is 0 Å². The van der Waals surface area contributed by atoms with Gasteiger partial charge in [-0.25, -0.2) is 9.78 Å². The molecular formula is C14H22N4O3. The van der Waals surface area contributed by atoms with E-state index >= 15 is 0 Å². The van der Waals surface area contributed by atoms with Crippen LogP contribution in [-0.2, 0) is 10.2 Å². The zero-order chi connectivity index (χ0) is 16.0. The first-order valence-electron chi connectivity index (χ1n) is 6.65. The number of hydrogen-bond acceptors (Lipinski definition) is 5. The zero-order valence-electron chi connectivity index (χ0n) is 12.8. The molecular weight excluding hydrogens is 272 g/mol. The molecule has 1 heterocycles. The number of rotatable bonds is 5. The molecule has 4 N–H and O–H groups in total. The second kappa shape index (κ2) is 6.92. The number of anilines is 1. The van der Waals surface area contributed by atoms with Crippen molar-refractivity contribution < 1.29 is 14.3 Å². The number of hydrogen-bond donors (Lipinski definition) is 3. The van der Waals surface area contributed by atoms with Crippen LogP contribution in [0.2, 0.25) is 0 Å². The summed E-state index contributed by atoms with van der Waals surface area (Å²) in [7, 11) is 1.75. The van der Waals surface area contributed by atoms with E-state index in [0.29, 0.717) is 11.4 Å². The van der Waals surface area contributed by atoms with Crippen molar-refractivity contribution in [2.24, 2.45) is 5.73 Å². The predicted molar refractivity (Wildman–Crippen MR) is 80.4 cm³/mol. The SMILES string of the molecule is CNc1cc(C(=O)NCCOC(N)=O)cc(C(C)(C)C)n1. The molecule has 21 heavy (non-hydrogen) atoms. The fourth-order valence-electron chi connectivity index (χ4n) is 1.59. The fourth-order valence-corrected chi connectivity index (χ4v) is 1.59. The summed E-state index contributed by atoms with van der Waals surface area (Å²) in [6.45, 7) is 6.31. The van der Waals surface area contributed by atoms with E-state index in [1.165, 1.54) is 0 Å². The average Bonchev–Trinajstić information content (AvgIpc) is 2.41. The number of carbonyl (C=O) groups is 2. The Balaban J connectivity index is 2.81. The second-order valence-electron chi connectivity index (χ2n) is 5.55. The van der Waals surface area contributed by atoms with Crippen LogP contribution in [0.4, 0.5) is 10.6 Å². The first-order chi connectivity index (χ1) is 9.74. The summed E-state index contributed by atoms with van der Waals surface area (Å²) in [6.07, 6.45) is -0.861. The molecule has 2 amide bonds. The molecule has 0 radical (unpaired) electrons. The van der Waals surface area contributed by atoms with Crippen LogP contribution in [0.1, 0.15) is 36.8 Å². The Morgan fingerprint density at radius 1 is 1.33 bits per heavy atom. The minimum atomic E-state index is -0.861. The maximum absolute atomic E-state index is 12.1. The van der Waals surface area contributed by atoms with Gasteiger partial charge < -0.3 is 21.1 Å². The zero-order valence-corrected chi connectivity index (χ0v) is 12.8. The summed E-state index contributed by atoms with van der Waals surface area (Å²) >= 11 is 0. The molecule has 0 fully saturated rings. The predicted octanol–water partition coefficient (Wildman–Crippen LogP) is 1.25. The topological polar surface area (TPSA) is 106 Å². The minimum Gasteiger partial charge on any atom is -0.448 e. The molecule has 0 aromatic carbocycles. The lowest BCUT2D eigenvalue weighted by Crippen LogP contribution is -2.29.